The van der Waals surface area contributed by atoms with E-state index in [1.54, 1.807) is 66.9 Å². The van der Waals surface area contributed by atoms with Gasteiger partial charge in [-0.2, -0.15) is 0 Å². The lowest BCUT2D eigenvalue weighted by atomic mass is 10.0. The van der Waals surface area contributed by atoms with Gasteiger partial charge < -0.3 is 64.4 Å². The first-order chi connectivity index (χ1) is 34.2. The second-order valence-corrected chi connectivity index (χ2v) is 17.2. The SMILES string of the molecule is NC(=O)C(Cc1c[nH]c2ccccc12)NC(=O)C1CCNC(=O)CCC(NC(=O)Cc2ccccc2)C(=O)NC(Cc2cnc[nH]2)C(=O)NC(Cc2ccccc2)C(=O)NC(CCCN=C(N)N)C(=O)N1. The molecule has 0 saturated carbocycles. The minimum atomic E-state index is -1.41. The van der Waals surface area contributed by atoms with Crippen LogP contribution in [0.2, 0.25) is 0 Å². The molecular weight excluding hydrogens is 913 g/mol. The first kappa shape index (κ1) is 51.8. The Kier molecular flexibility index (Phi) is 18.8. The van der Waals surface area contributed by atoms with Crippen molar-refractivity contribution < 1.29 is 38.4 Å². The maximum absolute atomic E-state index is 14.5. The summed E-state index contributed by atoms with van der Waals surface area (Å²) < 4.78 is 0. The van der Waals surface area contributed by atoms with E-state index in [1.165, 1.54) is 12.5 Å². The van der Waals surface area contributed by atoms with Crippen LogP contribution in [0, 0.1) is 0 Å². The van der Waals surface area contributed by atoms with E-state index < -0.39 is 83.5 Å². The summed E-state index contributed by atoms with van der Waals surface area (Å²) in [7, 11) is 0. The number of carbonyl (C=O) groups excluding carboxylic acids is 8. The van der Waals surface area contributed by atoms with Crippen molar-refractivity contribution >= 4 is 64.1 Å². The average Bonchev–Trinajstić information content (AvgIpc) is 4.03. The molecule has 6 atom stereocenters. The monoisotopic (exact) mass is 972 g/mol. The molecule has 5 aromatic rings. The van der Waals surface area contributed by atoms with Crippen molar-refractivity contribution in [1.29, 1.82) is 0 Å². The molecule has 0 radical (unpaired) electrons. The fourth-order valence-electron chi connectivity index (χ4n) is 8.05. The number of aromatic nitrogens is 3. The molecule has 6 unspecified atom stereocenters. The third-order valence-electron chi connectivity index (χ3n) is 11.8. The van der Waals surface area contributed by atoms with E-state index >= 15 is 0 Å². The van der Waals surface area contributed by atoms with Gasteiger partial charge in [-0.05, 0) is 48.4 Å². The van der Waals surface area contributed by atoms with E-state index in [9.17, 15) is 38.4 Å². The largest absolute Gasteiger partial charge is 0.370 e. The van der Waals surface area contributed by atoms with Gasteiger partial charge in [0, 0.05) is 67.8 Å². The Labute approximate surface area is 408 Å². The predicted octanol–water partition coefficient (Wildman–Crippen LogP) is -1.09. The Morgan fingerprint density at radius 2 is 1.38 bits per heavy atom. The van der Waals surface area contributed by atoms with Gasteiger partial charge in [-0.3, -0.25) is 43.3 Å². The molecule has 22 heteroatoms. The summed E-state index contributed by atoms with van der Waals surface area (Å²) in [5.74, 6) is -6.15. The van der Waals surface area contributed by atoms with Gasteiger partial charge in [0.2, 0.25) is 47.3 Å². The van der Waals surface area contributed by atoms with Crippen LogP contribution in [0.1, 0.15) is 54.5 Å². The highest BCUT2D eigenvalue weighted by Crippen LogP contribution is 2.19. The van der Waals surface area contributed by atoms with Crippen LogP contribution in [0.4, 0.5) is 0 Å². The number of primary amides is 1. The molecule has 22 nitrogen and oxygen atoms in total. The smallest absolute Gasteiger partial charge is 0.243 e. The molecule has 8 amide bonds. The highest BCUT2D eigenvalue weighted by atomic mass is 16.2. The Morgan fingerprint density at radius 3 is 2.07 bits per heavy atom. The quantitative estimate of drug-likeness (QED) is 0.0320. The van der Waals surface area contributed by atoms with Gasteiger partial charge in [-0.1, -0.05) is 78.9 Å². The molecule has 2 aromatic heterocycles. The van der Waals surface area contributed by atoms with Gasteiger partial charge in [0.25, 0.3) is 0 Å². The molecule has 1 aliphatic heterocycles. The summed E-state index contributed by atoms with van der Waals surface area (Å²) in [5, 5.41) is 19.8. The van der Waals surface area contributed by atoms with Crippen LogP contribution in [0.5, 0.6) is 0 Å². The van der Waals surface area contributed by atoms with Crippen LogP contribution in [0.25, 0.3) is 10.9 Å². The standard InChI is InChI=1S/C49H60N14O8/c50-43(66)38(24-31-26-56-34-15-8-7-14-33(31)34)61-46(69)37-19-21-54-41(64)18-17-36(58-42(65)23-30-12-5-2-6-13-30)45(68)63-40(25-32-27-53-28-57-32)48(71)62-39(22-29-10-3-1-4-11-29)47(70)59-35(44(67)60-37)16-9-20-55-49(51)52/h1-8,10-15,26-28,35-40,56H,9,16-25H2,(H2,50,66)(H,53,57)(H,54,64)(H,58,65)(H,59,70)(H,60,67)(H,61,69)(H,62,71)(H,63,68)(H4,51,52,55). The zero-order valence-corrected chi connectivity index (χ0v) is 38.9. The van der Waals surface area contributed by atoms with Gasteiger partial charge >= 0.3 is 0 Å². The number of amides is 8. The zero-order chi connectivity index (χ0) is 50.7. The number of H-pyrrole nitrogens is 2. The molecule has 1 saturated heterocycles. The van der Waals surface area contributed by atoms with Crippen LogP contribution < -0.4 is 54.4 Å². The highest BCUT2D eigenvalue weighted by molar-refractivity contribution is 5.98. The molecule has 15 N–H and O–H groups in total. The van der Waals surface area contributed by atoms with Gasteiger partial charge in [0.15, 0.2) is 5.96 Å². The van der Waals surface area contributed by atoms with E-state index in [1.807, 2.05) is 24.3 Å². The van der Waals surface area contributed by atoms with Gasteiger partial charge in [-0.15, -0.1) is 0 Å². The summed E-state index contributed by atoms with van der Waals surface area (Å²) in [4.78, 5) is 126. The minimum absolute atomic E-state index is 0.000135. The fraction of sp³-hybridized carbons (Fsp3) is 0.347. The Bertz CT molecular complexity index is 2650. The first-order valence-corrected chi connectivity index (χ1v) is 23.2. The van der Waals surface area contributed by atoms with E-state index in [0.717, 1.165) is 10.9 Å². The molecule has 1 fully saturated rings. The average molecular weight is 973 g/mol. The summed E-state index contributed by atoms with van der Waals surface area (Å²) in [5.41, 5.74) is 20.2. The molecular formula is C49H60N14O8. The number of imidazole rings is 1. The van der Waals surface area contributed by atoms with Crippen LogP contribution in [-0.2, 0) is 64.0 Å². The van der Waals surface area contributed by atoms with Crippen molar-refractivity contribution in [3.8, 4) is 0 Å². The van der Waals surface area contributed by atoms with Crippen molar-refractivity contribution in [1.82, 2.24) is 52.2 Å². The zero-order valence-electron chi connectivity index (χ0n) is 38.9. The first-order valence-electron chi connectivity index (χ1n) is 23.2. The molecule has 374 valence electrons. The number of carbonyl (C=O) groups is 8. The number of aliphatic imine (C=N–C) groups is 1. The van der Waals surface area contributed by atoms with E-state index in [-0.39, 0.29) is 76.8 Å². The van der Waals surface area contributed by atoms with E-state index in [4.69, 9.17) is 17.2 Å². The van der Waals surface area contributed by atoms with Crippen LogP contribution >= 0.6 is 0 Å². The van der Waals surface area contributed by atoms with Crippen molar-refractivity contribution in [2.45, 2.75) is 94.0 Å². The Morgan fingerprint density at radius 1 is 0.732 bits per heavy atom. The Balaban J connectivity index is 1.32. The topological polar surface area (TPSA) is 356 Å². The molecule has 0 aliphatic carbocycles. The molecule has 3 aromatic carbocycles. The lowest BCUT2D eigenvalue weighted by molar-refractivity contribution is -0.135. The lowest BCUT2D eigenvalue weighted by Crippen LogP contribution is -2.60. The van der Waals surface area contributed by atoms with Crippen LogP contribution in [-0.4, -0.2) is 118 Å². The number of benzene rings is 3. The number of para-hydroxylation sites is 1. The number of hydrogen-bond acceptors (Lipinski definition) is 10. The van der Waals surface area contributed by atoms with Crippen molar-refractivity contribution in [2.75, 3.05) is 13.1 Å². The van der Waals surface area contributed by atoms with E-state index in [0.29, 0.717) is 22.4 Å². The third kappa shape index (κ3) is 16.0. The van der Waals surface area contributed by atoms with Gasteiger partial charge in [-0.25, -0.2) is 4.98 Å². The lowest BCUT2D eigenvalue weighted by Gasteiger charge is -2.27. The number of hydrogen-bond donors (Lipinski definition) is 12. The third-order valence-corrected chi connectivity index (χ3v) is 11.8. The molecule has 6 rings (SSSR count). The number of rotatable bonds is 16. The molecule has 1 aliphatic rings. The molecule has 71 heavy (non-hydrogen) atoms. The number of nitrogens with one attached hydrogen (secondary N) is 9. The summed E-state index contributed by atoms with van der Waals surface area (Å²) in [6.07, 6.45) is 3.68. The molecule has 0 bridgehead atoms. The number of fused-ring (bicyclic) bond motifs is 1. The molecule has 0 spiro atoms. The van der Waals surface area contributed by atoms with Crippen molar-refractivity contribution in [3.63, 3.8) is 0 Å². The van der Waals surface area contributed by atoms with Crippen LogP contribution in [0.3, 0.4) is 0 Å². The minimum Gasteiger partial charge on any atom is -0.370 e. The number of aromatic amines is 2. The number of guanidine groups is 1. The maximum atomic E-state index is 14.5. The normalized spacial score (nSPS) is 20.0. The number of nitrogens with zero attached hydrogens (tertiary/aromatic N) is 2. The van der Waals surface area contributed by atoms with Crippen LogP contribution in [0.15, 0.2) is 109 Å². The van der Waals surface area contributed by atoms with Crippen molar-refractivity contribution in [3.05, 3.63) is 126 Å². The number of nitrogens with two attached hydrogens (primary N) is 3. The maximum Gasteiger partial charge on any atom is 0.243 e. The van der Waals surface area contributed by atoms with Gasteiger partial charge in [0.1, 0.15) is 36.3 Å². The summed E-state index contributed by atoms with van der Waals surface area (Å²) >= 11 is 0. The van der Waals surface area contributed by atoms with Gasteiger partial charge in [0.05, 0.1) is 12.7 Å². The summed E-state index contributed by atoms with van der Waals surface area (Å²) in [6.45, 7) is -0.123. The van der Waals surface area contributed by atoms with Crippen molar-refractivity contribution in [2.24, 2.45) is 22.2 Å². The Hall–Kier alpha value is -8.56. The summed E-state index contributed by atoms with van der Waals surface area (Å²) in [6, 6.07) is 16.9. The molecule has 3 heterocycles. The second kappa shape index (κ2) is 25.7. The predicted molar refractivity (Wildman–Crippen MR) is 262 cm³/mol. The van der Waals surface area contributed by atoms with E-state index in [2.05, 4.69) is 57.2 Å². The second-order valence-electron chi connectivity index (χ2n) is 17.2. The fourth-order valence-corrected chi connectivity index (χ4v) is 8.05. The highest BCUT2D eigenvalue weighted by Gasteiger charge is 2.34.